The van der Waals surface area contributed by atoms with Crippen molar-refractivity contribution in [1.82, 2.24) is 20.1 Å². The molecule has 1 saturated heterocycles. The standard InChI is InChI=1S/C23H23IN6O3S/c1-34(32,33)19-4-2-3-18-21(19)17-14-25-28-22(17)23(27-18)26-15-5-7-16(8-6-15)29-9-11-30(12-10-29)20(31)13-24/h2-8,14H,9-13H2,1H3,(H,25,28)(H,26,27). The maximum Gasteiger partial charge on any atom is 0.232 e. The lowest BCUT2D eigenvalue weighted by molar-refractivity contribution is -0.128. The highest BCUT2D eigenvalue weighted by molar-refractivity contribution is 14.1. The SMILES string of the molecule is CS(=O)(=O)c1cccc2nc(Nc3ccc(N4CCN(C(=O)CI)CC4)cc3)c3[nH]ncc3c12. The molecule has 1 fully saturated rings. The van der Waals surface area contributed by atoms with Gasteiger partial charge >= 0.3 is 0 Å². The third kappa shape index (κ3) is 4.29. The largest absolute Gasteiger partial charge is 0.368 e. The Morgan fingerprint density at radius 3 is 2.53 bits per heavy atom. The van der Waals surface area contributed by atoms with Gasteiger partial charge in [0, 0.05) is 54.6 Å². The van der Waals surface area contributed by atoms with Crippen molar-refractivity contribution in [2.24, 2.45) is 0 Å². The first-order valence-electron chi connectivity index (χ1n) is 10.8. The number of sulfone groups is 1. The Kier molecular flexibility index (Phi) is 6.06. The summed E-state index contributed by atoms with van der Waals surface area (Å²) in [4.78, 5) is 21.0. The lowest BCUT2D eigenvalue weighted by atomic mass is 10.1. The molecule has 0 spiro atoms. The van der Waals surface area contributed by atoms with Gasteiger partial charge in [0.05, 0.1) is 21.0 Å². The molecule has 2 N–H and O–H groups in total. The quantitative estimate of drug-likeness (QED) is 0.271. The summed E-state index contributed by atoms with van der Waals surface area (Å²) in [5, 5.41) is 11.7. The van der Waals surface area contributed by atoms with E-state index in [1.807, 2.05) is 29.2 Å². The number of anilines is 3. The van der Waals surface area contributed by atoms with E-state index in [1.165, 1.54) is 6.26 Å². The van der Waals surface area contributed by atoms with Crippen LogP contribution in [0.4, 0.5) is 17.2 Å². The fraction of sp³-hybridized carbons (Fsp3) is 0.261. The Morgan fingerprint density at radius 1 is 1.12 bits per heavy atom. The molecule has 0 aliphatic carbocycles. The van der Waals surface area contributed by atoms with Gasteiger partial charge in [-0.05, 0) is 36.4 Å². The highest BCUT2D eigenvalue weighted by Gasteiger charge is 2.21. The molecule has 0 atom stereocenters. The number of halogens is 1. The summed E-state index contributed by atoms with van der Waals surface area (Å²) in [5.41, 5.74) is 3.17. The molecular weight excluding hydrogens is 567 g/mol. The average Bonchev–Trinajstić information content (AvgIpc) is 3.34. The number of carbonyl (C=O) groups excluding carboxylic acids is 1. The summed E-state index contributed by atoms with van der Waals surface area (Å²) in [6, 6.07) is 13.2. The molecule has 0 unspecified atom stereocenters. The van der Waals surface area contributed by atoms with Crippen LogP contribution < -0.4 is 10.2 Å². The Hall–Kier alpha value is -2.93. The van der Waals surface area contributed by atoms with Gasteiger partial charge in [0.15, 0.2) is 15.7 Å². The topological polar surface area (TPSA) is 111 Å². The predicted molar refractivity (Wildman–Crippen MR) is 142 cm³/mol. The van der Waals surface area contributed by atoms with Crippen LogP contribution in [-0.4, -0.2) is 71.3 Å². The summed E-state index contributed by atoms with van der Waals surface area (Å²) < 4.78 is 25.2. The van der Waals surface area contributed by atoms with Gasteiger partial charge in [-0.3, -0.25) is 9.89 Å². The van der Waals surface area contributed by atoms with E-state index < -0.39 is 9.84 Å². The molecule has 2 aromatic carbocycles. The maximum absolute atomic E-state index is 12.3. The second-order valence-corrected chi connectivity index (χ2v) is 11.0. The summed E-state index contributed by atoms with van der Waals surface area (Å²) in [7, 11) is -3.42. The molecule has 2 aromatic heterocycles. The van der Waals surface area contributed by atoms with E-state index in [9.17, 15) is 13.2 Å². The monoisotopic (exact) mass is 590 g/mol. The predicted octanol–water partition coefficient (Wildman–Crippen LogP) is 3.34. The minimum Gasteiger partial charge on any atom is -0.368 e. The van der Waals surface area contributed by atoms with Crippen LogP contribution in [0, 0.1) is 0 Å². The number of fused-ring (bicyclic) bond motifs is 3. The first-order chi connectivity index (χ1) is 16.3. The van der Waals surface area contributed by atoms with E-state index in [0.29, 0.717) is 32.1 Å². The zero-order valence-corrected chi connectivity index (χ0v) is 21.4. The van der Waals surface area contributed by atoms with Gasteiger partial charge in [0.2, 0.25) is 5.91 Å². The van der Waals surface area contributed by atoms with Crippen LogP contribution in [0.3, 0.4) is 0 Å². The smallest absolute Gasteiger partial charge is 0.232 e. The van der Waals surface area contributed by atoms with E-state index in [0.717, 1.165) is 37.6 Å². The Bertz CT molecular complexity index is 1480. The van der Waals surface area contributed by atoms with Crippen molar-refractivity contribution in [3.63, 3.8) is 0 Å². The van der Waals surface area contributed by atoms with E-state index in [2.05, 4.69) is 43.0 Å². The first kappa shape index (κ1) is 22.8. The third-order valence-electron chi connectivity index (χ3n) is 6.02. The van der Waals surface area contributed by atoms with E-state index in [1.54, 1.807) is 24.4 Å². The fourth-order valence-electron chi connectivity index (χ4n) is 4.31. The highest BCUT2D eigenvalue weighted by atomic mass is 127. The number of aromatic nitrogens is 3. The number of H-pyrrole nitrogens is 1. The minimum absolute atomic E-state index is 0.191. The molecule has 11 heteroatoms. The van der Waals surface area contributed by atoms with Crippen LogP contribution in [0.25, 0.3) is 21.8 Å². The van der Waals surface area contributed by atoms with Crippen molar-refractivity contribution in [2.75, 3.05) is 47.1 Å². The van der Waals surface area contributed by atoms with Crippen molar-refractivity contribution >= 4 is 77.3 Å². The molecule has 9 nitrogen and oxygen atoms in total. The molecule has 0 saturated carbocycles. The van der Waals surface area contributed by atoms with Gasteiger partial charge in [-0.15, -0.1) is 0 Å². The molecule has 0 radical (unpaired) electrons. The van der Waals surface area contributed by atoms with Crippen molar-refractivity contribution < 1.29 is 13.2 Å². The molecule has 1 aliphatic heterocycles. The van der Waals surface area contributed by atoms with Crippen molar-refractivity contribution in [1.29, 1.82) is 0 Å². The Labute approximate surface area is 210 Å². The number of amides is 1. The molecule has 0 bridgehead atoms. The number of alkyl halides is 1. The van der Waals surface area contributed by atoms with Gasteiger partial charge in [0.25, 0.3) is 0 Å². The maximum atomic E-state index is 12.3. The summed E-state index contributed by atoms with van der Waals surface area (Å²) in [6.45, 7) is 3.07. The number of pyridine rings is 1. The van der Waals surface area contributed by atoms with Gasteiger partial charge in [-0.1, -0.05) is 28.7 Å². The fourth-order valence-corrected chi connectivity index (χ4v) is 5.70. The van der Waals surface area contributed by atoms with Crippen LogP contribution in [-0.2, 0) is 14.6 Å². The lowest BCUT2D eigenvalue weighted by Crippen LogP contribution is -2.49. The zero-order chi connectivity index (χ0) is 23.9. The molecule has 4 aromatic rings. The van der Waals surface area contributed by atoms with Crippen LogP contribution in [0.2, 0.25) is 0 Å². The summed E-state index contributed by atoms with van der Waals surface area (Å²) >= 11 is 2.11. The number of benzene rings is 2. The molecule has 1 amide bonds. The van der Waals surface area contributed by atoms with Gasteiger partial charge in [0.1, 0.15) is 5.52 Å². The lowest BCUT2D eigenvalue weighted by Gasteiger charge is -2.36. The van der Waals surface area contributed by atoms with Crippen LogP contribution in [0.1, 0.15) is 0 Å². The number of hydrogen-bond acceptors (Lipinski definition) is 7. The van der Waals surface area contributed by atoms with Gasteiger partial charge < -0.3 is 15.1 Å². The van der Waals surface area contributed by atoms with Crippen molar-refractivity contribution in [3.05, 3.63) is 48.7 Å². The van der Waals surface area contributed by atoms with Gasteiger partial charge in [-0.25, -0.2) is 13.4 Å². The highest BCUT2D eigenvalue weighted by Crippen LogP contribution is 2.33. The van der Waals surface area contributed by atoms with Crippen LogP contribution in [0.15, 0.2) is 53.6 Å². The number of nitrogens with one attached hydrogen (secondary N) is 2. The minimum atomic E-state index is -3.42. The molecule has 176 valence electrons. The van der Waals surface area contributed by atoms with Crippen molar-refractivity contribution in [3.8, 4) is 0 Å². The second-order valence-electron chi connectivity index (χ2n) is 8.21. The third-order valence-corrected chi connectivity index (χ3v) is 7.82. The molecule has 3 heterocycles. The molecule has 5 rings (SSSR count). The summed E-state index contributed by atoms with van der Waals surface area (Å²) in [6.07, 6.45) is 2.83. The number of carbonyl (C=O) groups is 1. The number of piperazine rings is 1. The molecule has 1 aliphatic rings. The molecular formula is C23H23IN6O3S. The van der Waals surface area contributed by atoms with Crippen molar-refractivity contribution in [2.45, 2.75) is 4.90 Å². The number of aromatic amines is 1. The average molecular weight is 590 g/mol. The number of rotatable bonds is 5. The summed E-state index contributed by atoms with van der Waals surface area (Å²) in [5.74, 6) is 0.765. The normalized spacial score (nSPS) is 14.6. The van der Waals surface area contributed by atoms with E-state index >= 15 is 0 Å². The Balaban J connectivity index is 1.41. The zero-order valence-electron chi connectivity index (χ0n) is 18.5. The van der Waals surface area contributed by atoms with Gasteiger partial charge in [-0.2, -0.15) is 5.10 Å². The number of hydrogen-bond donors (Lipinski definition) is 2. The first-order valence-corrected chi connectivity index (χ1v) is 14.2. The van der Waals surface area contributed by atoms with E-state index in [-0.39, 0.29) is 10.8 Å². The Morgan fingerprint density at radius 2 is 1.85 bits per heavy atom. The number of nitrogens with zero attached hydrogens (tertiary/aromatic N) is 4. The molecule has 34 heavy (non-hydrogen) atoms. The van der Waals surface area contributed by atoms with Crippen LogP contribution >= 0.6 is 22.6 Å². The van der Waals surface area contributed by atoms with Crippen LogP contribution in [0.5, 0.6) is 0 Å². The second kappa shape index (κ2) is 9.02. The van der Waals surface area contributed by atoms with E-state index in [4.69, 9.17) is 4.98 Å².